The van der Waals surface area contributed by atoms with Gasteiger partial charge in [0.05, 0.1) is 0 Å². The van der Waals surface area contributed by atoms with Gasteiger partial charge < -0.3 is 10.6 Å². The molecule has 0 aliphatic carbocycles. The molecule has 2 rings (SSSR count). The Balaban J connectivity index is 1.97. The highest BCUT2D eigenvalue weighted by atomic mass is 16.2. The summed E-state index contributed by atoms with van der Waals surface area (Å²) in [6.45, 7) is 5.96. The number of hydrogen-bond donors (Lipinski definition) is 3. The highest BCUT2D eigenvalue weighted by molar-refractivity contribution is 5.92. The predicted octanol–water partition coefficient (Wildman–Crippen LogP) is 0.625. The maximum absolute atomic E-state index is 11.8. The molecule has 1 unspecified atom stereocenters. The zero-order valence-electron chi connectivity index (χ0n) is 9.71. The van der Waals surface area contributed by atoms with Crippen LogP contribution in [0.3, 0.4) is 0 Å². The van der Waals surface area contributed by atoms with Gasteiger partial charge >= 0.3 is 0 Å². The number of H-pyrrole nitrogens is 1. The molecule has 0 spiro atoms. The van der Waals surface area contributed by atoms with Gasteiger partial charge in [-0.2, -0.15) is 5.10 Å². The van der Waals surface area contributed by atoms with E-state index < -0.39 is 0 Å². The lowest BCUT2D eigenvalue weighted by Gasteiger charge is -2.09. The lowest BCUT2D eigenvalue weighted by atomic mass is 10.1. The Bertz CT molecular complexity index is 366. The number of hydrogen-bond acceptors (Lipinski definition) is 3. The van der Waals surface area contributed by atoms with Gasteiger partial charge in [-0.3, -0.25) is 9.89 Å². The zero-order chi connectivity index (χ0) is 11.5. The van der Waals surface area contributed by atoms with Crippen LogP contribution in [0.2, 0.25) is 0 Å². The second kappa shape index (κ2) is 4.65. The van der Waals surface area contributed by atoms with Gasteiger partial charge in [-0.05, 0) is 24.9 Å². The molecule has 1 aliphatic heterocycles. The minimum atomic E-state index is -0.0862. The minimum Gasteiger partial charge on any atom is -0.347 e. The third-order valence-corrected chi connectivity index (χ3v) is 2.85. The quantitative estimate of drug-likeness (QED) is 0.702. The summed E-state index contributed by atoms with van der Waals surface area (Å²) in [6, 6.07) is 2.06. The number of rotatable bonds is 3. The molecule has 5 nitrogen and oxygen atoms in total. The number of aromatic amines is 1. The summed E-state index contributed by atoms with van der Waals surface area (Å²) in [4.78, 5) is 11.8. The number of nitrogens with zero attached hydrogens (tertiary/aromatic N) is 1. The molecule has 5 heteroatoms. The van der Waals surface area contributed by atoms with E-state index in [1.165, 1.54) is 0 Å². The maximum Gasteiger partial charge on any atom is 0.272 e. The Hall–Kier alpha value is -1.36. The van der Waals surface area contributed by atoms with Gasteiger partial charge in [0, 0.05) is 18.3 Å². The average Bonchev–Trinajstić information content (AvgIpc) is 2.86. The standard InChI is InChI=1S/C11H18N4O/c1-7(2)9-5-10(15-14-9)11(16)13-8-3-4-12-6-8/h5,7-8,12H,3-4,6H2,1-2H3,(H,13,16)(H,14,15). The second-order valence-corrected chi connectivity index (χ2v) is 4.53. The van der Waals surface area contributed by atoms with Crippen LogP contribution in [0.25, 0.3) is 0 Å². The van der Waals surface area contributed by atoms with Gasteiger partial charge in [0.2, 0.25) is 0 Å². The number of amides is 1. The van der Waals surface area contributed by atoms with E-state index in [4.69, 9.17) is 0 Å². The Labute approximate surface area is 95.0 Å². The van der Waals surface area contributed by atoms with Crippen molar-refractivity contribution < 1.29 is 4.79 Å². The van der Waals surface area contributed by atoms with Crippen molar-refractivity contribution in [2.45, 2.75) is 32.2 Å². The molecule has 0 aromatic carbocycles. The van der Waals surface area contributed by atoms with Crippen LogP contribution < -0.4 is 10.6 Å². The van der Waals surface area contributed by atoms with Crippen LogP contribution in [-0.4, -0.2) is 35.2 Å². The van der Waals surface area contributed by atoms with Crippen molar-refractivity contribution in [2.75, 3.05) is 13.1 Å². The smallest absolute Gasteiger partial charge is 0.272 e. The summed E-state index contributed by atoms with van der Waals surface area (Å²) < 4.78 is 0. The first-order chi connectivity index (χ1) is 7.66. The summed E-state index contributed by atoms with van der Waals surface area (Å²) in [7, 11) is 0. The highest BCUT2D eigenvalue weighted by Crippen LogP contribution is 2.12. The molecule has 0 saturated carbocycles. The molecule has 0 radical (unpaired) electrons. The summed E-state index contributed by atoms with van der Waals surface area (Å²) in [5, 5.41) is 13.1. The van der Waals surface area contributed by atoms with Gasteiger partial charge in [-0.25, -0.2) is 0 Å². The molecule has 1 atom stereocenters. The molecule has 88 valence electrons. The molecule has 1 saturated heterocycles. The van der Waals surface area contributed by atoms with E-state index in [2.05, 4.69) is 34.7 Å². The van der Waals surface area contributed by atoms with Gasteiger partial charge in [0.1, 0.15) is 5.69 Å². The topological polar surface area (TPSA) is 69.8 Å². The van der Waals surface area contributed by atoms with E-state index in [1.807, 2.05) is 6.07 Å². The van der Waals surface area contributed by atoms with Crippen molar-refractivity contribution in [3.63, 3.8) is 0 Å². The molecule has 16 heavy (non-hydrogen) atoms. The van der Waals surface area contributed by atoms with Gasteiger partial charge in [0.25, 0.3) is 5.91 Å². The summed E-state index contributed by atoms with van der Waals surface area (Å²) in [6.07, 6.45) is 0.993. The fourth-order valence-electron chi connectivity index (χ4n) is 1.79. The molecule has 1 aromatic heterocycles. The van der Waals surface area contributed by atoms with Gasteiger partial charge in [-0.1, -0.05) is 13.8 Å². The average molecular weight is 222 g/mol. The second-order valence-electron chi connectivity index (χ2n) is 4.53. The zero-order valence-corrected chi connectivity index (χ0v) is 9.71. The first kappa shape index (κ1) is 11.1. The first-order valence-corrected chi connectivity index (χ1v) is 5.73. The Morgan fingerprint density at radius 1 is 1.62 bits per heavy atom. The van der Waals surface area contributed by atoms with E-state index in [9.17, 15) is 4.79 Å². The summed E-state index contributed by atoms with van der Waals surface area (Å²) in [5.74, 6) is 0.277. The molecular formula is C11H18N4O. The Morgan fingerprint density at radius 2 is 2.44 bits per heavy atom. The van der Waals surface area contributed by atoms with Gasteiger partial charge in [0.15, 0.2) is 0 Å². The van der Waals surface area contributed by atoms with Crippen LogP contribution in [0.4, 0.5) is 0 Å². The van der Waals surface area contributed by atoms with E-state index in [-0.39, 0.29) is 11.9 Å². The van der Waals surface area contributed by atoms with Crippen molar-refractivity contribution >= 4 is 5.91 Å². The first-order valence-electron chi connectivity index (χ1n) is 5.73. The number of aromatic nitrogens is 2. The third kappa shape index (κ3) is 2.41. The van der Waals surface area contributed by atoms with Gasteiger partial charge in [-0.15, -0.1) is 0 Å². The van der Waals surface area contributed by atoms with Crippen molar-refractivity contribution in [3.05, 3.63) is 17.5 Å². The lowest BCUT2D eigenvalue weighted by Crippen LogP contribution is -2.36. The van der Waals surface area contributed by atoms with Crippen LogP contribution in [-0.2, 0) is 0 Å². The molecule has 3 N–H and O–H groups in total. The molecule has 1 aliphatic rings. The number of carbonyl (C=O) groups excluding carboxylic acids is 1. The van der Waals surface area contributed by atoms with E-state index >= 15 is 0 Å². The van der Waals surface area contributed by atoms with Crippen LogP contribution in [0, 0.1) is 0 Å². The fourth-order valence-corrected chi connectivity index (χ4v) is 1.79. The van der Waals surface area contributed by atoms with E-state index in [1.54, 1.807) is 0 Å². The molecule has 1 fully saturated rings. The van der Waals surface area contributed by atoms with Crippen LogP contribution in [0.1, 0.15) is 42.4 Å². The van der Waals surface area contributed by atoms with E-state index in [0.717, 1.165) is 25.2 Å². The monoisotopic (exact) mass is 222 g/mol. The molecule has 2 heterocycles. The fraction of sp³-hybridized carbons (Fsp3) is 0.636. The third-order valence-electron chi connectivity index (χ3n) is 2.85. The van der Waals surface area contributed by atoms with Crippen molar-refractivity contribution in [1.82, 2.24) is 20.8 Å². The molecule has 1 amide bonds. The normalized spacial score (nSPS) is 20.3. The minimum absolute atomic E-state index is 0.0862. The SMILES string of the molecule is CC(C)c1cc(C(=O)NC2CCNC2)n[nH]1. The van der Waals surface area contributed by atoms with E-state index in [0.29, 0.717) is 11.6 Å². The Morgan fingerprint density at radius 3 is 3.00 bits per heavy atom. The largest absolute Gasteiger partial charge is 0.347 e. The van der Waals surface area contributed by atoms with Crippen molar-refractivity contribution in [2.24, 2.45) is 0 Å². The van der Waals surface area contributed by atoms with Crippen LogP contribution in [0.15, 0.2) is 6.07 Å². The highest BCUT2D eigenvalue weighted by Gasteiger charge is 2.19. The maximum atomic E-state index is 11.8. The predicted molar refractivity (Wildman–Crippen MR) is 61.4 cm³/mol. The number of carbonyl (C=O) groups is 1. The summed E-state index contributed by atoms with van der Waals surface area (Å²) >= 11 is 0. The summed E-state index contributed by atoms with van der Waals surface area (Å²) in [5.41, 5.74) is 1.48. The number of nitrogens with one attached hydrogen (secondary N) is 3. The lowest BCUT2D eigenvalue weighted by molar-refractivity contribution is 0.0935. The molecule has 1 aromatic rings. The van der Waals surface area contributed by atoms with Crippen molar-refractivity contribution in [1.29, 1.82) is 0 Å². The molecule has 0 bridgehead atoms. The van der Waals surface area contributed by atoms with Crippen molar-refractivity contribution in [3.8, 4) is 0 Å². The van der Waals surface area contributed by atoms with Crippen LogP contribution >= 0.6 is 0 Å². The van der Waals surface area contributed by atoms with Crippen LogP contribution in [0.5, 0.6) is 0 Å². The Kier molecular flexibility index (Phi) is 3.24. The molecular weight excluding hydrogens is 204 g/mol.